The molecule has 1 aliphatic heterocycles. The molecule has 0 atom stereocenters. The van der Waals surface area contributed by atoms with Gasteiger partial charge in [-0.25, -0.2) is 9.78 Å². The Morgan fingerprint density at radius 3 is 2.59 bits per heavy atom. The van der Waals surface area contributed by atoms with E-state index in [1.54, 1.807) is 23.2 Å². The number of ether oxygens (including phenoxy) is 1. The van der Waals surface area contributed by atoms with Crippen LogP contribution in [0.15, 0.2) is 72.9 Å². The van der Waals surface area contributed by atoms with Gasteiger partial charge in [0.05, 0.1) is 5.56 Å². The van der Waals surface area contributed by atoms with E-state index in [-0.39, 0.29) is 6.03 Å². The first-order valence-electron chi connectivity index (χ1n) is 10.7. The Morgan fingerprint density at radius 1 is 1.00 bits per heavy atom. The van der Waals surface area contributed by atoms with E-state index >= 15 is 0 Å². The van der Waals surface area contributed by atoms with Gasteiger partial charge in [0.15, 0.2) is 0 Å². The molecular formula is C25H25N5O2. The number of nitrogens with zero attached hydrogens (tertiary/aromatic N) is 4. The third-order valence-corrected chi connectivity index (χ3v) is 5.34. The number of amides is 2. The van der Waals surface area contributed by atoms with Crippen LogP contribution in [-0.2, 0) is 6.61 Å². The van der Waals surface area contributed by atoms with Crippen molar-refractivity contribution in [2.75, 3.05) is 36.4 Å². The number of hydrogen-bond acceptors (Lipinski definition) is 5. The molecule has 1 aliphatic rings. The molecule has 2 amide bonds. The van der Waals surface area contributed by atoms with Gasteiger partial charge in [0.1, 0.15) is 24.2 Å². The number of urea groups is 1. The van der Waals surface area contributed by atoms with Crippen LogP contribution in [0.25, 0.3) is 0 Å². The van der Waals surface area contributed by atoms with E-state index in [2.05, 4.69) is 21.3 Å². The normalized spacial score (nSPS) is 13.7. The lowest BCUT2D eigenvalue weighted by Gasteiger charge is -2.23. The number of nitrogens with one attached hydrogen (secondary N) is 1. The largest absolute Gasteiger partial charge is 0.489 e. The molecule has 0 bridgehead atoms. The van der Waals surface area contributed by atoms with Crippen molar-refractivity contribution in [1.82, 2.24) is 9.88 Å². The van der Waals surface area contributed by atoms with Crippen LogP contribution in [0.4, 0.5) is 16.3 Å². The number of carbonyl (C=O) groups excluding carboxylic acids is 1. The van der Waals surface area contributed by atoms with E-state index in [0.717, 1.165) is 30.0 Å². The van der Waals surface area contributed by atoms with Crippen LogP contribution in [-0.4, -0.2) is 42.1 Å². The molecule has 4 rings (SSSR count). The lowest BCUT2D eigenvalue weighted by molar-refractivity contribution is 0.215. The average Bonchev–Trinajstić information content (AvgIpc) is 3.11. The highest BCUT2D eigenvalue weighted by Gasteiger charge is 2.21. The number of hydrogen-bond donors (Lipinski definition) is 1. The monoisotopic (exact) mass is 427 g/mol. The molecule has 2 aromatic carbocycles. The Labute approximate surface area is 187 Å². The van der Waals surface area contributed by atoms with Crippen LogP contribution in [0.3, 0.4) is 0 Å². The second kappa shape index (κ2) is 10.3. The fourth-order valence-corrected chi connectivity index (χ4v) is 3.65. The first kappa shape index (κ1) is 21.2. The van der Waals surface area contributed by atoms with Crippen molar-refractivity contribution in [2.45, 2.75) is 13.0 Å². The fourth-order valence-electron chi connectivity index (χ4n) is 3.65. The smallest absolute Gasteiger partial charge is 0.321 e. The summed E-state index contributed by atoms with van der Waals surface area (Å²) in [6.07, 6.45) is 2.50. The summed E-state index contributed by atoms with van der Waals surface area (Å²) in [7, 11) is 0. The Kier molecular flexibility index (Phi) is 6.83. The molecule has 0 unspecified atom stereocenters. The predicted molar refractivity (Wildman–Crippen MR) is 124 cm³/mol. The minimum absolute atomic E-state index is 0.133. The zero-order valence-corrected chi connectivity index (χ0v) is 17.8. The van der Waals surface area contributed by atoms with Crippen molar-refractivity contribution >= 4 is 17.5 Å². The van der Waals surface area contributed by atoms with Gasteiger partial charge in [-0.2, -0.15) is 5.26 Å². The van der Waals surface area contributed by atoms with Crippen LogP contribution in [0.2, 0.25) is 0 Å². The average molecular weight is 428 g/mol. The Bertz CT molecular complexity index is 1080. The van der Waals surface area contributed by atoms with Crippen LogP contribution >= 0.6 is 0 Å². The van der Waals surface area contributed by atoms with Gasteiger partial charge in [0.25, 0.3) is 0 Å². The summed E-state index contributed by atoms with van der Waals surface area (Å²) in [5.74, 6) is 1.43. The number of anilines is 2. The number of benzene rings is 2. The zero-order chi connectivity index (χ0) is 22.2. The lowest BCUT2D eigenvalue weighted by Crippen LogP contribution is -2.38. The molecule has 2 heterocycles. The standard InChI is InChI=1S/C25H25N5O2/c26-18-21-8-4-13-27-24(21)29-14-5-15-30(17-16-29)25(31)28-22-9-11-23(12-10-22)32-19-20-6-2-1-3-7-20/h1-4,6-13H,5,14-17,19H2,(H,28,31). The molecule has 32 heavy (non-hydrogen) atoms. The summed E-state index contributed by atoms with van der Waals surface area (Å²) >= 11 is 0. The molecular weight excluding hydrogens is 402 g/mol. The van der Waals surface area contributed by atoms with Crippen LogP contribution in [0.5, 0.6) is 5.75 Å². The summed E-state index contributed by atoms with van der Waals surface area (Å²) in [5.41, 5.74) is 2.38. The van der Waals surface area contributed by atoms with E-state index < -0.39 is 0 Å². The molecule has 1 fully saturated rings. The maximum Gasteiger partial charge on any atom is 0.321 e. The predicted octanol–water partition coefficient (Wildman–Crippen LogP) is 4.28. The van der Waals surface area contributed by atoms with Gasteiger partial charge in [0.2, 0.25) is 0 Å². The number of carbonyl (C=O) groups is 1. The quantitative estimate of drug-likeness (QED) is 0.657. The molecule has 0 spiro atoms. The van der Waals surface area contributed by atoms with Gasteiger partial charge in [-0.1, -0.05) is 30.3 Å². The van der Waals surface area contributed by atoms with E-state index in [9.17, 15) is 10.1 Å². The lowest BCUT2D eigenvalue weighted by atomic mass is 10.2. The molecule has 0 radical (unpaired) electrons. The Balaban J connectivity index is 1.30. The van der Waals surface area contributed by atoms with Gasteiger partial charge in [-0.05, 0) is 48.4 Å². The molecule has 7 nitrogen and oxygen atoms in total. The second-order valence-corrected chi connectivity index (χ2v) is 7.54. The minimum Gasteiger partial charge on any atom is -0.489 e. The summed E-state index contributed by atoms with van der Waals surface area (Å²) in [6.45, 7) is 3.09. The molecule has 1 aromatic heterocycles. The molecule has 0 aliphatic carbocycles. The van der Waals surface area contributed by atoms with Crippen molar-refractivity contribution in [2.24, 2.45) is 0 Å². The molecule has 1 N–H and O–H groups in total. The topological polar surface area (TPSA) is 81.5 Å². The third kappa shape index (κ3) is 5.35. The third-order valence-electron chi connectivity index (χ3n) is 5.34. The van der Waals surface area contributed by atoms with Gasteiger partial charge < -0.3 is 19.9 Å². The molecule has 3 aromatic rings. The number of aromatic nitrogens is 1. The first-order chi connectivity index (χ1) is 15.7. The van der Waals surface area contributed by atoms with E-state index in [0.29, 0.717) is 37.6 Å². The second-order valence-electron chi connectivity index (χ2n) is 7.54. The molecule has 162 valence electrons. The van der Waals surface area contributed by atoms with Gasteiger partial charge in [0, 0.05) is 38.1 Å². The van der Waals surface area contributed by atoms with E-state index in [1.165, 1.54) is 0 Å². The molecule has 7 heteroatoms. The highest BCUT2D eigenvalue weighted by molar-refractivity contribution is 5.89. The van der Waals surface area contributed by atoms with Crippen molar-refractivity contribution < 1.29 is 9.53 Å². The maximum atomic E-state index is 12.8. The van der Waals surface area contributed by atoms with Gasteiger partial charge in [-0.15, -0.1) is 0 Å². The van der Waals surface area contributed by atoms with Gasteiger partial charge >= 0.3 is 6.03 Å². The van der Waals surface area contributed by atoms with E-state index in [4.69, 9.17) is 4.74 Å². The van der Waals surface area contributed by atoms with Crippen LogP contribution in [0, 0.1) is 11.3 Å². The van der Waals surface area contributed by atoms with E-state index in [1.807, 2.05) is 54.6 Å². The number of nitriles is 1. The summed E-state index contributed by atoms with van der Waals surface area (Å²) in [4.78, 5) is 21.0. The summed E-state index contributed by atoms with van der Waals surface area (Å²) in [6, 6.07) is 23.0. The van der Waals surface area contributed by atoms with Crippen molar-refractivity contribution in [3.63, 3.8) is 0 Å². The highest BCUT2D eigenvalue weighted by atomic mass is 16.5. The van der Waals surface area contributed by atoms with Crippen LogP contribution in [0.1, 0.15) is 17.5 Å². The maximum absolute atomic E-state index is 12.8. The van der Waals surface area contributed by atoms with Crippen molar-refractivity contribution in [3.8, 4) is 11.8 Å². The summed E-state index contributed by atoms with van der Waals surface area (Å²) in [5, 5.41) is 12.3. The summed E-state index contributed by atoms with van der Waals surface area (Å²) < 4.78 is 5.80. The molecule has 1 saturated heterocycles. The number of rotatable bonds is 5. The van der Waals surface area contributed by atoms with Crippen LogP contribution < -0.4 is 15.0 Å². The SMILES string of the molecule is N#Cc1cccnc1N1CCCN(C(=O)Nc2ccc(OCc3ccccc3)cc2)CC1. The molecule has 0 saturated carbocycles. The minimum atomic E-state index is -0.133. The fraction of sp³-hybridized carbons (Fsp3) is 0.240. The zero-order valence-electron chi connectivity index (χ0n) is 17.8. The first-order valence-corrected chi connectivity index (χ1v) is 10.7. The Hall–Kier alpha value is -4.05. The van der Waals surface area contributed by atoms with Gasteiger partial charge in [-0.3, -0.25) is 0 Å². The van der Waals surface area contributed by atoms with Crippen molar-refractivity contribution in [3.05, 3.63) is 84.1 Å². The highest BCUT2D eigenvalue weighted by Crippen LogP contribution is 2.20. The number of pyridine rings is 1. The van der Waals surface area contributed by atoms with Crippen molar-refractivity contribution in [1.29, 1.82) is 5.26 Å². The Morgan fingerprint density at radius 2 is 1.81 bits per heavy atom.